The molecule has 0 saturated heterocycles. The quantitative estimate of drug-likeness (QED) is 0.764. The zero-order valence-corrected chi connectivity index (χ0v) is 10.4. The fraction of sp³-hybridized carbons (Fsp3) is 0.455. The lowest BCUT2D eigenvalue weighted by Crippen LogP contribution is -2.35. The largest absolute Gasteiger partial charge is 0.383 e. The van der Waals surface area contributed by atoms with Gasteiger partial charge in [0.05, 0.1) is 6.61 Å². The van der Waals surface area contributed by atoms with E-state index in [9.17, 15) is 9.59 Å². The Morgan fingerprint density at radius 3 is 2.88 bits per heavy atom. The molecule has 1 rings (SSSR count). The molecule has 94 valence electrons. The summed E-state index contributed by atoms with van der Waals surface area (Å²) in [6, 6.07) is 2.84. The zero-order chi connectivity index (χ0) is 12.7. The number of carbonyl (C=O) groups is 1. The number of aromatic amines is 1. The molecule has 6 heteroatoms. The van der Waals surface area contributed by atoms with E-state index in [0.717, 1.165) is 0 Å². The van der Waals surface area contributed by atoms with Gasteiger partial charge in [-0.1, -0.05) is 0 Å². The number of ether oxygens (including phenoxy) is 1. The topological polar surface area (TPSA) is 62.4 Å². The van der Waals surface area contributed by atoms with Crippen LogP contribution in [-0.4, -0.2) is 48.5 Å². The summed E-state index contributed by atoms with van der Waals surface area (Å²) in [7, 11) is 1.57. The van der Waals surface area contributed by atoms with Gasteiger partial charge < -0.3 is 14.6 Å². The number of H-pyrrole nitrogens is 1. The van der Waals surface area contributed by atoms with Crippen molar-refractivity contribution in [3.8, 4) is 0 Å². The summed E-state index contributed by atoms with van der Waals surface area (Å²) in [6.07, 6.45) is 1.45. The third kappa shape index (κ3) is 4.20. The molecule has 0 aliphatic carbocycles. The van der Waals surface area contributed by atoms with Gasteiger partial charge in [0.15, 0.2) is 0 Å². The van der Waals surface area contributed by atoms with Crippen LogP contribution < -0.4 is 5.56 Å². The van der Waals surface area contributed by atoms with E-state index in [2.05, 4.69) is 4.98 Å². The summed E-state index contributed by atoms with van der Waals surface area (Å²) >= 11 is 5.64. The molecular weight excluding hydrogens is 244 g/mol. The van der Waals surface area contributed by atoms with Gasteiger partial charge in [0, 0.05) is 43.9 Å². The number of halogens is 1. The molecule has 5 nitrogen and oxygen atoms in total. The molecule has 17 heavy (non-hydrogen) atoms. The molecule has 0 spiro atoms. The average molecular weight is 259 g/mol. The predicted octanol–water partition coefficient (Wildman–Crippen LogP) is 0.702. The van der Waals surface area contributed by atoms with Gasteiger partial charge in [-0.25, -0.2) is 0 Å². The first-order valence-electron chi connectivity index (χ1n) is 5.22. The molecule has 1 amide bonds. The van der Waals surface area contributed by atoms with Crippen molar-refractivity contribution in [1.82, 2.24) is 9.88 Å². The molecule has 1 heterocycles. The van der Waals surface area contributed by atoms with E-state index in [1.54, 1.807) is 18.1 Å². The maximum Gasteiger partial charge on any atom is 0.254 e. The van der Waals surface area contributed by atoms with E-state index in [1.807, 2.05) is 0 Å². The molecule has 0 unspecified atom stereocenters. The highest BCUT2D eigenvalue weighted by Gasteiger charge is 2.15. The first-order chi connectivity index (χ1) is 8.19. The van der Waals surface area contributed by atoms with Crippen molar-refractivity contribution in [3.63, 3.8) is 0 Å². The highest BCUT2D eigenvalue weighted by atomic mass is 35.5. The highest BCUT2D eigenvalue weighted by Crippen LogP contribution is 2.02. The van der Waals surface area contributed by atoms with E-state index in [0.29, 0.717) is 31.1 Å². The fourth-order valence-electron chi connectivity index (χ4n) is 1.38. The van der Waals surface area contributed by atoms with Gasteiger partial charge in [0.25, 0.3) is 5.91 Å². The summed E-state index contributed by atoms with van der Waals surface area (Å²) in [4.78, 5) is 27.2. The van der Waals surface area contributed by atoms with Crippen LogP contribution >= 0.6 is 11.6 Å². The number of carbonyl (C=O) groups excluding carboxylic acids is 1. The number of nitrogens with zero attached hydrogens (tertiary/aromatic N) is 1. The Bertz CT molecular complexity index is 419. The average Bonchev–Trinajstić information content (AvgIpc) is 2.33. The Hall–Kier alpha value is -1.33. The van der Waals surface area contributed by atoms with Gasteiger partial charge in [0.2, 0.25) is 5.56 Å². The van der Waals surface area contributed by atoms with E-state index in [1.165, 1.54) is 12.3 Å². The second-order valence-electron chi connectivity index (χ2n) is 3.42. The summed E-state index contributed by atoms with van der Waals surface area (Å²) in [6.45, 7) is 1.32. The van der Waals surface area contributed by atoms with Crippen LogP contribution in [-0.2, 0) is 4.74 Å². The standard InChI is InChI=1S/C11H15ClN2O3/c1-17-7-6-14(5-3-12)11(16)9-2-4-13-10(15)8-9/h2,4,8H,3,5-7H2,1H3,(H,13,15). The van der Waals surface area contributed by atoms with Crippen LogP contribution in [0.25, 0.3) is 0 Å². The van der Waals surface area contributed by atoms with E-state index >= 15 is 0 Å². The SMILES string of the molecule is COCCN(CCCl)C(=O)c1cc[nH]c(=O)c1. The highest BCUT2D eigenvalue weighted by molar-refractivity contribution is 6.18. The minimum Gasteiger partial charge on any atom is -0.383 e. The summed E-state index contributed by atoms with van der Waals surface area (Å²) < 4.78 is 4.92. The van der Waals surface area contributed by atoms with Gasteiger partial charge in [-0.2, -0.15) is 0 Å². The smallest absolute Gasteiger partial charge is 0.254 e. The fourth-order valence-corrected chi connectivity index (χ4v) is 1.58. The molecule has 0 aliphatic rings. The third-order valence-corrected chi connectivity index (χ3v) is 2.40. The summed E-state index contributed by atoms with van der Waals surface area (Å²) in [5.41, 5.74) is 0.0587. The Morgan fingerprint density at radius 1 is 1.53 bits per heavy atom. The number of nitrogens with one attached hydrogen (secondary N) is 1. The van der Waals surface area contributed by atoms with Gasteiger partial charge >= 0.3 is 0 Å². The number of hydrogen-bond acceptors (Lipinski definition) is 3. The maximum absolute atomic E-state index is 12.1. The second-order valence-corrected chi connectivity index (χ2v) is 3.79. The molecule has 0 radical (unpaired) electrons. The lowest BCUT2D eigenvalue weighted by molar-refractivity contribution is 0.0707. The molecule has 0 atom stereocenters. The molecule has 0 aliphatic heterocycles. The number of methoxy groups -OCH3 is 1. The third-order valence-electron chi connectivity index (χ3n) is 2.23. The zero-order valence-electron chi connectivity index (χ0n) is 9.61. The second kappa shape index (κ2) is 7.09. The first kappa shape index (κ1) is 13.7. The number of alkyl halides is 1. The number of hydrogen-bond donors (Lipinski definition) is 1. The van der Waals surface area contributed by atoms with E-state index in [-0.39, 0.29) is 11.5 Å². The molecular formula is C11H15ClN2O3. The molecule has 1 N–H and O–H groups in total. The van der Waals surface area contributed by atoms with Crippen LogP contribution in [0.2, 0.25) is 0 Å². The normalized spacial score (nSPS) is 10.2. The van der Waals surface area contributed by atoms with Crippen molar-refractivity contribution in [3.05, 3.63) is 34.2 Å². The Balaban J connectivity index is 2.79. The summed E-state index contributed by atoms with van der Waals surface area (Å²) in [5.74, 6) is 0.132. The monoisotopic (exact) mass is 258 g/mol. The van der Waals surface area contributed by atoms with Crippen molar-refractivity contribution >= 4 is 17.5 Å². The number of aromatic nitrogens is 1. The van der Waals surface area contributed by atoms with Gasteiger partial charge in [-0.15, -0.1) is 11.6 Å². The van der Waals surface area contributed by atoms with E-state index < -0.39 is 0 Å². The molecule has 0 fully saturated rings. The number of pyridine rings is 1. The Labute approximate surface area is 104 Å². The van der Waals surface area contributed by atoms with Crippen molar-refractivity contribution in [2.45, 2.75) is 0 Å². The minimum absolute atomic E-state index is 0.214. The molecule has 1 aromatic heterocycles. The minimum atomic E-state index is -0.298. The Morgan fingerprint density at radius 2 is 2.29 bits per heavy atom. The maximum atomic E-state index is 12.1. The van der Waals surface area contributed by atoms with Crippen LogP contribution in [0, 0.1) is 0 Å². The van der Waals surface area contributed by atoms with Crippen LogP contribution in [0.3, 0.4) is 0 Å². The molecule has 1 aromatic rings. The molecule has 0 bridgehead atoms. The van der Waals surface area contributed by atoms with Crippen molar-refractivity contribution in [2.75, 3.05) is 32.7 Å². The molecule has 0 aromatic carbocycles. The lowest BCUT2D eigenvalue weighted by Gasteiger charge is -2.21. The number of rotatable bonds is 6. The van der Waals surface area contributed by atoms with Gasteiger partial charge in [-0.05, 0) is 6.07 Å². The Kier molecular flexibility index (Phi) is 5.72. The van der Waals surface area contributed by atoms with E-state index in [4.69, 9.17) is 16.3 Å². The first-order valence-corrected chi connectivity index (χ1v) is 5.75. The summed E-state index contributed by atoms with van der Waals surface area (Å²) in [5, 5.41) is 0. The number of amides is 1. The van der Waals surface area contributed by atoms with Gasteiger partial charge in [0.1, 0.15) is 0 Å². The van der Waals surface area contributed by atoms with Crippen molar-refractivity contribution < 1.29 is 9.53 Å². The molecule has 0 saturated carbocycles. The van der Waals surface area contributed by atoms with Crippen LogP contribution in [0.5, 0.6) is 0 Å². The van der Waals surface area contributed by atoms with Crippen molar-refractivity contribution in [1.29, 1.82) is 0 Å². The van der Waals surface area contributed by atoms with Gasteiger partial charge in [-0.3, -0.25) is 9.59 Å². The van der Waals surface area contributed by atoms with Crippen LogP contribution in [0.1, 0.15) is 10.4 Å². The van der Waals surface area contributed by atoms with Crippen LogP contribution in [0.4, 0.5) is 0 Å². The predicted molar refractivity (Wildman–Crippen MR) is 65.6 cm³/mol. The lowest BCUT2D eigenvalue weighted by atomic mass is 10.2. The van der Waals surface area contributed by atoms with Crippen molar-refractivity contribution in [2.24, 2.45) is 0 Å². The van der Waals surface area contributed by atoms with Crippen LogP contribution in [0.15, 0.2) is 23.1 Å².